The number of nitrogens with zero attached hydrogens (tertiary/aromatic N) is 2. The summed E-state index contributed by atoms with van der Waals surface area (Å²) in [6.07, 6.45) is 0. The third-order valence-electron chi connectivity index (χ3n) is 3.36. The first-order chi connectivity index (χ1) is 9.58. The number of piperazine rings is 1. The van der Waals surface area contributed by atoms with Crippen molar-refractivity contribution in [2.24, 2.45) is 0 Å². The van der Waals surface area contributed by atoms with Gasteiger partial charge in [-0.1, -0.05) is 29.3 Å². The molecule has 2 rings (SSSR count). The standard InChI is InChI=1S/C14H19Cl2N3O.ClH/c1-18(9-11-12(15)3-2-4-13(11)16)10-14(20)19-7-5-17-6-8-19;/h2-4,17H,5-10H2,1H3;1H. The highest BCUT2D eigenvalue weighted by Crippen LogP contribution is 2.25. The van der Waals surface area contributed by atoms with Gasteiger partial charge in [-0.05, 0) is 19.2 Å². The minimum absolute atomic E-state index is 0. The fraction of sp³-hybridized carbons (Fsp3) is 0.500. The van der Waals surface area contributed by atoms with Gasteiger partial charge in [0.25, 0.3) is 0 Å². The van der Waals surface area contributed by atoms with Crippen LogP contribution in [0.2, 0.25) is 10.0 Å². The molecule has 1 aromatic rings. The fourth-order valence-electron chi connectivity index (χ4n) is 2.25. The van der Waals surface area contributed by atoms with Crippen LogP contribution in [0, 0.1) is 0 Å². The van der Waals surface area contributed by atoms with Crippen LogP contribution in [0.5, 0.6) is 0 Å². The van der Waals surface area contributed by atoms with Crippen LogP contribution in [0.25, 0.3) is 0 Å². The number of hydrogen-bond acceptors (Lipinski definition) is 3. The van der Waals surface area contributed by atoms with Crippen molar-refractivity contribution in [3.63, 3.8) is 0 Å². The monoisotopic (exact) mass is 351 g/mol. The topological polar surface area (TPSA) is 35.6 Å². The van der Waals surface area contributed by atoms with E-state index in [2.05, 4.69) is 5.32 Å². The lowest BCUT2D eigenvalue weighted by Crippen LogP contribution is -2.49. The molecule has 1 amide bonds. The molecule has 1 fully saturated rings. The van der Waals surface area contributed by atoms with Gasteiger partial charge < -0.3 is 10.2 Å². The Morgan fingerprint density at radius 1 is 1.29 bits per heavy atom. The Hall–Kier alpha value is -0.520. The van der Waals surface area contributed by atoms with E-state index in [-0.39, 0.29) is 18.3 Å². The van der Waals surface area contributed by atoms with Gasteiger partial charge in [0.1, 0.15) is 0 Å². The zero-order valence-electron chi connectivity index (χ0n) is 11.9. The number of carbonyl (C=O) groups excluding carboxylic acids is 1. The SMILES string of the molecule is CN(CC(=O)N1CCNCC1)Cc1c(Cl)cccc1Cl.Cl. The molecule has 118 valence electrons. The van der Waals surface area contributed by atoms with E-state index in [0.717, 1.165) is 31.7 Å². The van der Waals surface area contributed by atoms with Crippen LogP contribution in [0.3, 0.4) is 0 Å². The summed E-state index contributed by atoms with van der Waals surface area (Å²) >= 11 is 12.3. The first-order valence-electron chi connectivity index (χ1n) is 6.68. The minimum Gasteiger partial charge on any atom is -0.339 e. The maximum atomic E-state index is 12.2. The molecule has 1 saturated heterocycles. The average Bonchev–Trinajstić information content (AvgIpc) is 2.44. The zero-order valence-corrected chi connectivity index (χ0v) is 14.3. The maximum Gasteiger partial charge on any atom is 0.236 e. The Labute approximate surface area is 141 Å². The van der Waals surface area contributed by atoms with E-state index in [1.165, 1.54) is 0 Å². The molecule has 1 heterocycles. The van der Waals surface area contributed by atoms with E-state index >= 15 is 0 Å². The second kappa shape index (κ2) is 8.81. The molecule has 21 heavy (non-hydrogen) atoms. The van der Waals surface area contributed by atoms with E-state index in [1.54, 1.807) is 0 Å². The molecular weight excluding hydrogens is 333 g/mol. The number of hydrogen-bond donors (Lipinski definition) is 1. The van der Waals surface area contributed by atoms with Crippen LogP contribution in [0.1, 0.15) is 5.56 Å². The van der Waals surface area contributed by atoms with Crippen LogP contribution >= 0.6 is 35.6 Å². The number of nitrogens with one attached hydrogen (secondary N) is 1. The molecule has 0 unspecified atom stereocenters. The van der Waals surface area contributed by atoms with Crippen LogP contribution in [0.4, 0.5) is 0 Å². The van der Waals surface area contributed by atoms with Gasteiger partial charge in [0.15, 0.2) is 0 Å². The molecule has 0 atom stereocenters. The van der Waals surface area contributed by atoms with Crippen molar-refractivity contribution >= 4 is 41.5 Å². The molecule has 1 N–H and O–H groups in total. The molecule has 0 aliphatic carbocycles. The first kappa shape index (κ1) is 18.5. The minimum atomic E-state index is 0. The molecule has 1 aliphatic heterocycles. The predicted octanol–water partition coefficient (Wildman–Crippen LogP) is 2.28. The summed E-state index contributed by atoms with van der Waals surface area (Å²) in [5, 5.41) is 4.51. The molecule has 1 aromatic carbocycles. The summed E-state index contributed by atoms with van der Waals surface area (Å²) in [7, 11) is 1.90. The Morgan fingerprint density at radius 2 is 1.86 bits per heavy atom. The second-order valence-corrected chi connectivity index (χ2v) is 5.82. The van der Waals surface area contributed by atoms with Gasteiger partial charge in [-0.15, -0.1) is 12.4 Å². The van der Waals surface area contributed by atoms with Crippen molar-refractivity contribution in [2.45, 2.75) is 6.54 Å². The summed E-state index contributed by atoms with van der Waals surface area (Å²) in [6.45, 7) is 4.23. The number of likely N-dealkylation sites (N-methyl/N-ethyl adjacent to an activating group) is 1. The third kappa shape index (κ3) is 5.31. The molecule has 0 bridgehead atoms. The largest absolute Gasteiger partial charge is 0.339 e. The van der Waals surface area contributed by atoms with E-state index in [0.29, 0.717) is 23.1 Å². The molecule has 7 heteroatoms. The van der Waals surface area contributed by atoms with Crippen molar-refractivity contribution in [1.29, 1.82) is 0 Å². The summed E-state index contributed by atoms with van der Waals surface area (Å²) in [4.78, 5) is 16.0. The highest BCUT2D eigenvalue weighted by atomic mass is 35.5. The highest BCUT2D eigenvalue weighted by molar-refractivity contribution is 6.35. The van der Waals surface area contributed by atoms with Crippen molar-refractivity contribution in [3.05, 3.63) is 33.8 Å². The summed E-state index contributed by atoms with van der Waals surface area (Å²) < 4.78 is 0. The van der Waals surface area contributed by atoms with Gasteiger partial charge in [0.05, 0.1) is 6.54 Å². The van der Waals surface area contributed by atoms with E-state index in [9.17, 15) is 4.79 Å². The van der Waals surface area contributed by atoms with Gasteiger partial charge in [-0.3, -0.25) is 9.69 Å². The van der Waals surface area contributed by atoms with Gasteiger partial charge in [0.2, 0.25) is 5.91 Å². The molecule has 0 radical (unpaired) electrons. The zero-order chi connectivity index (χ0) is 14.5. The second-order valence-electron chi connectivity index (χ2n) is 5.00. The Morgan fingerprint density at radius 3 is 2.43 bits per heavy atom. The van der Waals surface area contributed by atoms with E-state index in [4.69, 9.17) is 23.2 Å². The first-order valence-corrected chi connectivity index (χ1v) is 7.43. The van der Waals surface area contributed by atoms with E-state index < -0.39 is 0 Å². The number of rotatable bonds is 4. The molecule has 0 spiro atoms. The smallest absolute Gasteiger partial charge is 0.236 e. The Balaban J connectivity index is 0.00000220. The van der Waals surface area contributed by atoms with Gasteiger partial charge in [-0.2, -0.15) is 0 Å². The summed E-state index contributed by atoms with van der Waals surface area (Å²) in [5.41, 5.74) is 0.867. The molecular formula is C14H20Cl3N3O. The number of carbonyl (C=O) groups is 1. The maximum absolute atomic E-state index is 12.2. The number of benzene rings is 1. The lowest BCUT2D eigenvalue weighted by Gasteiger charge is -2.29. The Bertz CT molecular complexity index is 458. The van der Waals surface area contributed by atoms with E-state index in [1.807, 2.05) is 35.0 Å². The van der Waals surface area contributed by atoms with Gasteiger partial charge >= 0.3 is 0 Å². The fourth-order valence-corrected chi connectivity index (χ4v) is 2.77. The van der Waals surface area contributed by atoms with Crippen molar-refractivity contribution in [1.82, 2.24) is 15.1 Å². The molecule has 0 aromatic heterocycles. The number of halogens is 3. The van der Waals surface area contributed by atoms with Crippen LogP contribution in [-0.2, 0) is 11.3 Å². The molecule has 4 nitrogen and oxygen atoms in total. The van der Waals surface area contributed by atoms with Crippen LogP contribution in [0.15, 0.2) is 18.2 Å². The summed E-state index contributed by atoms with van der Waals surface area (Å²) in [6, 6.07) is 5.45. The predicted molar refractivity (Wildman–Crippen MR) is 89.5 cm³/mol. The highest BCUT2D eigenvalue weighted by Gasteiger charge is 2.18. The molecule has 1 aliphatic rings. The normalized spacial score (nSPS) is 15.0. The third-order valence-corrected chi connectivity index (χ3v) is 4.07. The number of amides is 1. The van der Waals surface area contributed by atoms with Crippen molar-refractivity contribution in [3.8, 4) is 0 Å². The van der Waals surface area contributed by atoms with Gasteiger partial charge in [-0.25, -0.2) is 0 Å². The Kier molecular flexibility index (Phi) is 7.77. The van der Waals surface area contributed by atoms with Crippen LogP contribution in [-0.4, -0.2) is 55.5 Å². The van der Waals surface area contributed by atoms with Crippen molar-refractivity contribution < 1.29 is 4.79 Å². The quantitative estimate of drug-likeness (QED) is 0.903. The lowest BCUT2D eigenvalue weighted by molar-refractivity contribution is -0.132. The summed E-state index contributed by atoms with van der Waals surface area (Å²) in [5.74, 6) is 0.150. The lowest BCUT2D eigenvalue weighted by atomic mass is 10.2. The average molecular weight is 353 g/mol. The van der Waals surface area contributed by atoms with Crippen molar-refractivity contribution in [2.75, 3.05) is 39.8 Å². The van der Waals surface area contributed by atoms with Gasteiger partial charge in [0, 0.05) is 48.3 Å². The molecule has 0 saturated carbocycles. The van der Waals surface area contributed by atoms with Crippen LogP contribution < -0.4 is 5.32 Å².